The number of nitrogens with one attached hydrogen (secondary N) is 2. The number of rotatable bonds is 8. The maximum atomic E-state index is 12.5. The Bertz CT molecular complexity index is 938. The first-order valence-corrected chi connectivity index (χ1v) is 9.94. The van der Waals surface area contributed by atoms with Crippen LogP contribution in [-0.4, -0.2) is 78.1 Å². The molecule has 0 radical (unpaired) electrons. The van der Waals surface area contributed by atoms with Crippen LogP contribution in [0.5, 0.6) is 0 Å². The van der Waals surface area contributed by atoms with Crippen molar-refractivity contribution >= 4 is 61.8 Å². The van der Waals surface area contributed by atoms with Crippen molar-refractivity contribution in [2.45, 2.75) is 5.72 Å². The van der Waals surface area contributed by atoms with E-state index in [0.29, 0.717) is 0 Å². The average molecular weight is 478 g/mol. The van der Waals surface area contributed by atoms with Crippen molar-refractivity contribution in [3.8, 4) is 0 Å². The van der Waals surface area contributed by atoms with Gasteiger partial charge in [-0.2, -0.15) is 0 Å². The van der Waals surface area contributed by atoms with Crippen LogP contribution in [0, 0.1) is 0 Å². The predicted octanol–water partition coefficient (Wildman–Crippen LogP) is -4.56. The molecule has 13 nitrogen and oxygen atoms in total. The Morgan fingerprint density at radius 3 is 2.62 bits per heavy atom. The number of β-lactam (4-membered cyclic amide) rings is 1. The molecule has 3 amide bonds. The van der Waals surface area contributed by atoms with Gasteiger partial charge in [-0.1, -0.05) is 5.16 Å². The summed E-state index contributed by atoms with van der Waals surface area (Å²) in [6.07, 6.45) is 0. The van der Waals surface area contributed by atoms with E-state index in [9.17, 15) is 27.4 Å². The van der Waals surface area contributed by atoms with E-state index < -0.39 is 46.0 Å². The van der Waals surface area contributed by atoms with Crippen molar-refractivity contribution in [3.05, 3.63) is 11.1 Å². The Kier molecular flexibility index (Phi) is 8.97. The molecular formula is C12H13ClN5NaO8S2. The number of carbonyl (C=O) groups is 3. The van der Waals surface area contributed by atoms with Crippen molar-refractivity contribution in [3.63, 3.8) is 0 Å². The molecule has 1 saturated heterocycles. The summed E-state index contributed by atoms with van der Waals surface area (Å²) in [7, 11) is -2.84. The van der Waals surface area contributed by atoms with Gasteiger partial charge in [0.15, 0.2) is 21.1 Å². The van der Waals surface area contributed by atoms with Crippen molar-refractivity contribution in [2.75, 3.05) is 32.0 Å². The van der Waals surface area contributed by atoms with Gasteiger partial charge in [-0.05, 0) is 0 Å². The zero-order valence-electron chi connectivity index (χ0n) is 15.3. The molecule has 0 saturated carbocycles. The van der Waals surface area contributed by atoms with Gasteiger partial charge in [-0.3, -0.25) is 14.4 Å². The number of halogens is 1. The number of thiazole rings is 1. The number of carbonyl (C=O) groups excluding carboxylic acids is 3. The number of ether oxygens (including phenoxy) is 1. The van der Waals surface area contributed by atoms with E-state index in [0.717, 1.165) is 25.6 Å². The molecule has 2 heterocycles. The average Bonchev–Trinajstić information content (AvgIpc) is 3.08. The molecule has 0 spiro atoms. The first kappa shape index (κ1) is 25.7. The summed E-state index contributed by atoms with van der Waals surface area (Å²) in [4.78, 5) is 44.5. The van der Waals surface area contributed by atoms with E-state index in [1.165, 1.54) is 5.38 Å². The molecule has 1 aliphatic heterocycles. The fourth-order valence-corrected chi connectivity index (χ4v) is 3.53. The molecule has 1 atom stereocenters. The van der Waals surface area contributed by atoms with E-state index in [-0.39, 0.29) is 50.6 Å². The maximum Gasteiger partial charge on any atom is 1.00 e. The van der Waals surface area contributed by atoms with Crippen LogP contribution in [0.3, 0.4) is 0 Å². The Labute approximate surface area is 195 Å². The van der Waals surface area contributed by atoms with Crippen molar-refractivity contribution in [1.29, 1.82) is 0 Å². The number of anilines is 1. The molecular weight excluding hydrogens is 465 g/mol. The quantitative estimate of drug-likeness (QED) is 0.0708. The normalized spacial score (nSPS) is 19.1. The predicted molar refractivity (Wildman–Crippen MR) is 94.3 cm³/mol. The van der Waals surface area contributed by atoms with Crippen molar-refractivity contribution in [2.24, 2.45) is 5.16 Å². The van der Waals surface area contributed by atoms with Crippen molar-refractivity contribution < 1.29 is 66.5 Å². The molecule has 1 aromatic heterocycles. The molecule has 2 N–H and O–H groups in total. The summed E-state index contributed by atoms with van der Waals surface area (Å²) in [5.74, 6) is -3.08. The van der Waals surface area contributed by atoms with Crippen LogP contribution in [0.4, 0.5) is 5.13 Å². The van der Waals surface area contributed by atoms with Crippen LogP contribution in [0.1, 0.15) is 5.69 Å². The minimum absolute atomic E-state index is 0. The first-order chi connectivity index (χ1) is 13.1. The molecule has 1 fully saturated rings. The van der Waals surface area contributed by atoms with Gasteiger partial charge in [0, 0.05) is 12.5 Å². The Hall–Kier alpha value is -1.33. The third kappa shape index (κ3) is 5.64. The Morgan fingerprint density at radius 1 is 1.48 bits per heavy atom. The largest absolute Gasteiger partial charge is 1.00 e. The fourth-order valence-electron chi connectivity index (χ4n) is 2.06. The number of nitrogens with zero attached hydrogens (tertiary/aromatic N) is 3. The van der Waals surface area contributed by atoms with Gasteiger partial charge in [0.25, 0.3) is 11.8 Å². The van der Waals surface area contributed by atoms with Gasteiger partial charge in [0.2, 0.25) is 11.6 Å². The topological polar surface area (TPSA) is 179 Å². The molecule has 0 bridgehead atoms. The van der Waals surface area contributed by atoms with E-state index in [1.54, 1.807) is 0 Å². The summed E-state index contributed by atoms with van der Waals surface area (Å²) in [5, 5.41) is 9.57. The van der Waals surface area contributed by atoms with E-state index in [4.69, 9.17) is 16.3 Å². The van der Waals surface area contributed by atoms with Gasteiger partial charge in [0.1, 0.15) is 18.7 Å². The van der Waals surface area contributed by atoms with E-state index in [2.05, 4.69) is 25.6 Å². The summed E-state index contributed by atoms with van der Waals surface area (Å²) in [5.41, 5.74) is -2.47. The molecule has 17 heteroatoms. The maximum absolute atomic E-state index is 12.5. The Balaban J connectivity index is 0.00000420. The third-order valence-electron chi connectivity index (χ3n) is 3.38. The minimum Gasteiger partial charge on any atom is -0.731 e. The molecule has 2 rings (SSSR count). The molecule has 154 valence electrons. The number of hydrogen-bond donors (Lipinski definition) is 2. The van der Waals surface area contributed by atoms with Crippen LogP contribution in [0.15, 0.2) is 10.5 Å². The number of aromatic nitrogens is 1. The monoisotopic (exact) mass is 477 g/mol. The number of methoxy groups -OCH3 is 1. The van der Waals surface area contributed by atoms with Gasteiger partial charge in [-0.15, -0.1) is 22.9 Å². The van der Waals surface area contributed by atoms with Crippen LogP contribution in [0.25, 0.3) is 0 Å². The minimum atomic E-state index is -5.04. The Morgan fingerprint density at radius 2 is 2.14 bits per heavy atom. The van der Waals surface area contributed by atoms with Crippen LogP contribution in [-0.2, 0) is 34.3 Å². The molecule has 1 unspecified atom stereocenters. The van der Waals surface area contributed by atoms with Gasteiger partial charge >= 0.3 is 29.6 Å². The van der Waals surface area contributed by atoms with Crippen LogP contribution < -0.4 is 40.2 Å². The van der Waals surface area contributed by atoms with Gasteiger partial charge in [0.05, 0.1) is 6.54 Å². The van der Waals surface area contributed by atoms with E-state index in [1.807, 2.05) is 0 Å². The molecule has 1 aromatic rings. The smallest absolute Gasteiger partial charge is 0.731 e. The number of amides is 3. The second kappa shape index (κ2) is 10.1. The third-order valence-corrected chi connectivity index (χ3v) is 5.22. The molecule has 1 aliphatic rings. The second-order valence-electron chi connectivity index (χ2n) is 5.10. The van der Waals surface area contributed by atoms with Gasteiger partial charge < -0.3 is 24.8 Å². The molecule has 0 aromatic carbocycles. The summed E-state index contributed by atoms with van der Waals surface area (Å²) >= 11 is 6.35. The van der Waals surface area contributed by atoms with Crippen molar-refractivity contribution in [1.82, 2.24) is 14.6 Å². The summed E-state index contributed by atoms with van der Waals surface area (Å²) < 4.78 is 37.8. The zero-order chi connectivity index (χ0) is 21.1. The number of oxime groups is 1. The first-order valence-electron chi connectivity index (χ1n) is 7.16. The standard InChI is InChI=1S/C12H14ClN5O8S2.Na/c1-25-12(5-18(10(12)21)28(22,23)24)16-9(20)8(17-26-2)6-4-27-11(14-6)15-7(19)3-13;/h4H,3,5H2,1-2H3,(H,16,20)(H,14,15,19)(H,22,23,24);/q;+1/p-1/b17-8-;. The summed E-state index contributed by atoms with van der Waals surface area (Å²) in [6, 6.07) is 0. The number of hydrogen-bond acceptors (Lipinski definition) is 11. The van der Waals surface area contributed by atoms with Crippen LogP contribution >= 0.6 is 22.9 Å². The number of alkyl halides is 1. The second-order valence-corrected chi connectivity index (χ2v) is 7.52. The molecule has 29 heavy (non-hydrogen) atoms. The van der Waals surface area contributed by atoms with Gasteiger partial charge in [-0.25, -0.2) is 17.7 Å². The van der Waals surface area contributed by atoms with Crippen LogP contribution in [0.2, 0.25) is 0 Å². The summed E-state index contributed by atoms with van der Waals surface area (Å²) in [6.45, 7) is -0.714. The molecule has 0 aliphatic carbocycles. The SMILES string of the molecule is CO/N=C(\C(=O)NC1(OC)CN(S(=O)(=O)[O-])C1=O)c1csc(NC(=O)CCl)n1.[Na+]. The zero-order valence-corrected chi connectivity index (χ0v) is 19.7. The van der Waals surface area contributed by atoms with E-state index >= 15 is 0 Å². The fraction of sp³-hybridized carbons (Fsp3) is 0.417.